The standard InChI is InChI=1S/C25H29N5O4/c1-5-16(2)24(31)27-22-8-6-7-20(13-22)14-26-25(32)21-11-9-19(10-12-21)15-29-18(4)23(30(33)34)17(3)28-29/h6-13,16H,5,14-15H2,1-4H3,(H,26,32)(H,27,31). The van der Waals surface area contributed by atoms with Gasteiger partial charge in [-0.25, -0.2) is 0 Å². The van der Waals surface area contributed by atoms with Crippen molar-refractivity contribution in [1.82, 2.24) is 15.1 Å². The number of aryl methyl sites for hydroxylation is 1. The number of anilines is 1. The summed E-state index contributed by atoms with van der Waals surface area (Å²) in [5.41, 5.74) is 3.85. The van der Waals surface area contributed by atoms with Crippen molar-refractivity contribution in [2.45, 2.75) is 47.2 Å². The molecule has 9 nitrogen and oxygen atoms in total. The van der Waals surface area contributed by atoms with E-state index in [0.717, 1.165) is 17.5 Å². The first-order valence-corrected chi connectivity index (χ1v) is 11.1. The van der Waals surface area contributed by atoms with Crippen LogP contribution in [0.2, 0.25) is 0 Å². The molecule has 0 aliphatic heterocycles. The van der Waals surface area contributed by atoms with E-state index in [9.17, 15) is 19.7 Å². The summed E-state index contributed by atoms with van der Waals surface area (Å²) in [6.07, 6.45) is 0.765. The van der Waals surface area contributed by atoms with E-state index < -0.39 is 4.92 Å². The van der Waals surface area contributed by atoms with Gasteiger partial charge in [-0.05, 0) is 55.7 Å². The van der Waals surface area contributed by atoms with E-state index in [4.69, 9.17) is 0 Å². The summed E-state index contributed by atoms with van der Waals surface area (Å²) in [5.74, 6) is -0.316. The molecule has 0 saturated heterocycles. The number of carbonyl (C=O) groups excluding carboxylic acids is 2. The molecule has 0 aliphatic carbocycles. The van der Waals surface area contributed by atoms with Crippen LogP contribution in [0.15, 0.2) is 48.5 Å². The number of hydrogen-bond acceptors (Lipinski definition) is 5. The van der Waals surface area contributed by atoms with Gasteiger partial charge in [-0.3, -0.25) is 24.4 Å². The lowest BCUT2D eigenvalue weighted by Crippen LogP contribution is -2.23. The minimum Gasteiger partial charge on any atom is -0.348 e. The molecule has 2 aromatic carbocycles. The van der Waals surface area contributed by atoms with Crippen LogP contribution in [0.25, 0.3) is 0 Å². The Bertz CT molecular complexity index is 1200. The summed E-state index contributed by atoms with van der Waals surface area (Å²) in [5, 5.41) is 21.2. The van der Waals surface area contributed by atoms with E-state index >= 15 is 0 Å². The minimum absolute atomic E-state index is 0.0273. The number of aromatic nitrogens is 2. The molecule has 2 amide bonds. The topological polar surface area (TPSA) is 119 Å². The van der Waals surface area contributed by atoms with Crippen LogP contribution >= 0.6 is 0 Å². The van der Waals surface area contributed by atoms with Crippen molar-refractivity contribution in [2.24, 2.45) is 5.92 Å². The Morgan fingerprint density at radius 2 is 1.82 bits per heavy atom. The van der Waals surface area contributed by atoms with Crippen LogP contribution in [-0.2, 0) is 17.9 Å². The van der Waals surface area contributed by atoms with Crippen LogP contribution in [0.1, 0.15) is 53.1 Å². The average molecular weight is 464 g/mol. The fourth-order valence-corrected chi connectivity index (χ4v) is 3.53. The van der Waals surface area contributed by atoms with Gasteiger partial charge < -0.3 is 10.6 Å². The van der Waals surface area contributed by atoms with Gasteiger partial charge in [-0.2, -0.15) is 5.10 Å². The molecule has 2 N–H and O–H groups in total. The number of nitro groups is 1. The van der Waals surface area contributed by atoms with Crippen LogP contribution < -0.4 is 10.6 Å². The first-order chi connectivity index (χ1) is 16.2. The fraction of sp³-hybridized carbons (Fsp3) is 0.320. The van der Waals surface area contributed by atoms with Gasteiger partial charge in [0.1, 0.15) is 11.4 Å². The third kappa shape index (κ3) is 5.86. The predicted molar refractivity (Wildman–Crippen MR) is 130 cm³/mol. The number of carbonyl (C=O) groups is 2. The summed E-state index contributed by atoms with van der Waals surface area (Å²) in [4.78, 5) is 35.4. The monoisotopic (exact) mass is 463 g/mol. The van der Waals surface area contributed by atoms with Gasteiger partial charge in [0.05, 0.1) is 11.5 Å². The SMILES string of the molecule is CCC(C)C(=O)Nc1cccc(CNC(=O)c2ccc(Cn3nc(C)c([N+](=O)[O-])c3C)cc2)c1. The van der Waals surface area contributed by atoms with Gasteiger partial charge in [0.2, 0.25) is 5.91 Å². The highest BCUT2D eigenvalue weighted by Gasteiger charge is 2.21. The van der Waals surface area contributed by atoms with Crippen molar-refractivity contribution in [3.8, 4) is 0 Å². The van der Waals surface area contributed by atoms with Gasteiger partial charge in [0.15, 0.2) is 0 Å². The van der Waals surface area contributed by atoms with Gasteiger partial charge in [-0.15, -0.1) is 0 Å². The summed E-state index contributed by atoms with van der Waals surface area (Å²) in [7, 11) is 0. The molecule has 0 spiro atoms. The van der Waals surface area contributed by atoms with Crippen LogP contribution in [0, 0.1) is 29.9 Å². The number of hydrogen-bond donors (Lipinski definition) is 2. The van der Waals surface area contributed by atoms with Gasteiger partial charge in [-0.1, -0.05) is 38.1 Å². The molecule has 0 saturated carbocycles. The lowest BCUT2D eigenvalue weighted by atomic mass is 10.1. The summed E-state index contributed by atoms with van der Waals surface area (Å²) < 4.78 is 1.59. The van der Waals surface area contributed by atoms with Crippen molar-refractivity contribution in [1.29, 1.82) is 0 Å². The molecular weight excluding hydrogens is 434 g/mol. The zero-order chi connectivity index (χ0) is 24.8. The Kier molecular flexibility index (Phi) is 7.78. The van der Waals surface area contributed by atoms with Crippen LogP contribution in [0.5, 0.6) is 0 Å². The Morgan fingerprint density at radius 1 is 1.12 bits per heavy atom. The third-order valence-corrected chi connectivity index (χ3v) is 5.78. The van der Waals surface area contributed by atoms with E-state index in [1.807, 2.05) is 50.2 Å². The summed E-state index contributed by atoms with van der Waals surface area (Å²) in [6.45, 7) is 7.83. The Balaban J connectivity index is 1.60. The number of rotatable bonds is 9. The smallest absolute Gasteiger partial charge is 0.312 e. The van der Waals surface area contributed by atoms with Gasteiger partial charge in [0.25, 0.3) is 5.91 Å². The highest BCUT2D eigenvalue weighted by molar-refractivity contribution is 5.94. The highest BCUT2D eigenvalue weighted by Crippen LogP contribution is 2.22. The number of nitrogens with zero attached hydrogens (tertiary/aromatic N) is 3. The van der Waals surface area contributed by atoms with E-state index in [1.165, 1.54) is 0 Å². The maximum Gasteiger partial charge on any atom is 0.312 e. The van der Waals surface area contributed by atoms with Crippen LogP contribution in [0.4, 0.5) is 11.4 Å². The molecule has 1 unspecified atom stereocenters. The molecule has 1 aromatic heterocycles. The second kappa shape index (κ2) is 10.7. The molecule has 1 atom stereocenters. The zero-order valence-electron chi connectivity index (χ0n) is 19.8. The molecule has 1 heterocycles. The molecule has 9 heteroatoms. The summed E-state index contributed by atoms with van der Waals surface area (Å²) >= 11 is 0. The maximum atomic E-state index is 12.6. The third-order valence-electron chi connectivity index (χ3n) is 5.78. The second-order valence-electron chi connectivity index (χ2n) is 8.31. The first-order valence-electron chi connectivity index (χ1n) is 11.1. The largest absolute Gasteiger partial charge is 0.348 e. The first kappa shape index (κ1) is 24.6. The molecular formula is C25H29N5O4. The second-order valence-corrected chi connectivity index (χ2v) is 8.31. The van der Waals surface area contributed by atoms with Crippen molar-refractivity contribution >= 4 is 23.2 Å². The normalized spacial score (nSPS) is 11.6. The van der Waals surface area contributed by atoms with Crippen molar-refractivity contribution in [3.63, 3.8) is 0 Å². The number of nitrogens with one attached hydrogen (secondary N) is 2. The lowest BCUT2D eigenvalue weighted by Gasteiger charge is -2.12. The van der Waals surface area contributed by atoms with Gasteiger partial charge in [0, 0.05) is 23.7 Å². The molecule has 34 heavy (non-hydrogen) atoms. The van der Waals surface area contributed by atoms with Crippen molar-refractivity contribution < 1.29 is 14.5 Å². The summed E-state index contributed by atoms with van der Waals surface area (Å²) in [6, 6.07) is 14.4. The lowest BCUT2D eigenvalue weighted by molar-refractivity contribution is -0.386. The highest BCUT2D eigenvalue weighted by atomic mass is 16.6. The molecule has 0 aliphatic rings. The zero-order valence-corrected chi connectivity index (χ0v) is 19.8. The number of amides is 2. The predicted octanol–water partition coefficient (Wildman–Crippen LogP) is 4.37. The molecule has 178 valence electrons. The van der Waals surface area contributed by atoms with E-state index in [-0.39, 0.29) is 23.4 Å². The fourth-order valence-electron chi connectivity index (χ4n) is 3.53. The maximum absolute atomic E-state index is 12.6. The van der Waals surface area contributed by atoms with Crippen LogP contribution in [0.3, 0.4) is 0 Å². The van der Waals surface area contributed by atoms with E-state index in [0.29, 0.717) is 35.7 Å². The van der Waals surface area contributed by atoms with Gasteiger partial charge >= 0.3 is 5.69 Å². The molecule has 0 radical (unpaired) electrons. The van der Waals surface area contributed by atoms with E-state index in [1.54, 1.807) is 30.7 Å². The molecule has 0 bridgehead atoms. The van der Waals surface area contributed by atoms with Crippen molar-refractivity contribution in [2.75, 3.05) is 5.32 Å². The Labute approximate surface area is 198 Å². The van der Waals surface area contributed by atoms with Crippen LogP contribution in [-0.4, -0.2) is 26.5 Å². The van der Waals surface area contributed by atoms with E-state index in [2.05, 4.69) is 15.7 Å². The quantitative estimate of drug-likeness (QED) is 0.361. The molecule has 0 fully saturated rings. The minimum atomic E-state index is -0.420. The average Bonchev–Trinajstić information content (AvgIpc) is 3.10. The van der Waals surface area contributed by atoms with Crippen molar-refractivity contribution in [3.05, 3.63) is 86.7 Å². The molecule has 3 aromatic rings. The number of benzene rings is 2. The Morgan fingerprint density at radius 3 is 2.44 bits per heavy atom. The Hall–Kier alpha value is -4.01. The molecule has 3 rings (SSSR count).